The lowest BCUT2D eigenvalue weighted by Crippen LogP contribution is -2.47. The van der Waals surface area contributed by atoms with E-state index in [1.165, 1.54) is 0 Å². The number of hydrogen-bond acceptors (Lipinski definition) is 3. The number of carbonyl (C=O) groups excluding carboxylic acids is 1. The maximum atomic E-state index is 11.6. The summed E-state index contributed by atoms with van der Waals surface area (Å²) in [7, 11) is -0.962. The summed E-state index contributed by atoms with van der Waals surface area (Å²) >= 11 is 0. The maximum Gasteiger partial charge on any atom is 0.407 e. The van der Waals surface area contributed by atoms with E-state index < -0.39 is 22.4 Å². The molecule has 1 N–H and O–H groups in total. The van der Waals surface area contributed by atoms with Crippen LogP contribution in [0.4, 0.5) is 4.79 Å². The standard InChI is InChI=1S/C13H19NO3S/c1-13(2,10-18(3)16)14-12(15)17-9-11-7-5-4-6-8-11/h4-8H,9-10H2,1-3H3,(H,14,15). The van der Waals surface area contributed by atoms with Gasteiger partial charge in [-0.15, -0.1) is 0 Å². The summed E-state index contributed by atoms with van der Waals surface area (Å²) in [6.45, 7) is 3.87. The van der Waals surface area contributed by atoms with E-state index in [1.54, 1.807) is 6.26 Å². The Kier molecular flexibility index (Phi) is 5.34. The minimum absolute atomic E-state index is 0.234. The Hall–Kier alpha value is -1.36. The van der Waals surface area contributed by atoms with Crippen LogP contribution in [0.25, 0.3) is 0 Å². The van der Waals surface area contributed by atoms with Crippen molar-refractivity contribution in [1.29, 1.82) is 0 Å². The Morgan fingerprint density at radius 3 is 2.50 bits per heavy atom. The Bertz CT molecular complexity index is 418. The Morgan fingerprint density at radius 1 is 1.33 bits per heavy atom. The van der Waals surface area contributed by atoms with Crippen LogP contribution < -0.4 is 5.32 Å². The molecule has 1 unspecified atom stereocenters. The highest BCUT2D eigenvalue weighted by Crippen LogP contribution is 2.06. The van der Waals surface area contributed by atoms with Gasteiger partial charge in [0, 0.05) is 28.3 Å². The highest BCUT2D eigenvalue weighted by Gasteiger charge is 2.22. The van der Waals surface area contributed by atoms with Crippen molar-refractivity contribution in [2.45, 2.75) is 26.0 Å². The van der Waals surface area contributed by atoms with E-state index in [2.05, 4.69) is 5.32 Å². The highest BCUT2D eigenvalue weighted by atomic mass is 32.2. The second-order valence-electron chi connectivity index (χ2n) is 4.79. The van der Waals surface area contributed by atoms with Gasteiger partial charge in [-0.2, -0.15) is 0 Å². The fourth-order valence-corrected chi connectivity index (χ4v) is 2.67. The number of alkyl carbamates (subject to hydrolysis) is 1. The summed E-state index contributed by atoms with van der Waals surface area (Å²) in [4.78, 5) is 11.6. The van der Waals surface area contributed by atoms with Crippen molar-refractivity contribution in [2.75, 3.05) is 12.0 Å². The Labute approximate surface area is 110 Å². The van der Waals surface area contributed by atoms with Gasteiger partial charge in [-0.25, -0.2) is 4.79 Å². The van der Waals surface area contributed by atoms with Gasteiger partial charge >= 0.3 is 6.09 Å². The van der Waals surface area contributed by atoms with E-state index in [-0.39, 0.29) is 6.61 Å². The van der Waals surface area contributed by atoms with Crippen LogP contribution in [-0.4, -0.2) is 27.8 Å². The van der Waals surface area contributed by atoms with Crippen molar-refractivity contribution in [3.63, 3.8) is 0 Å². The zero-order chi connectivity index (χ0) is 13.6. The lowest BCUT2D eigenvalue weighted by atomic mass is 10.1. The summed E-state index contributed by atoms with van der Waals surface area (Å²) in [5, 5.41) is 2.70. The smallest absolute Gasteiger partial charge is 0.407 e. The number of amides is 1. The number of carbonyl (C=O) groups is 1. The van der Waals surface area contributed by atoms with E-state index in [4.69, 9.17) is 4.74 Å². The van der Waals surface area contributed by atoms with Crippen molar-refractivity contribution >= 4 is 16.9 Å². The second kappa shape index (κ2) is 6.54. The molecule has 4 nitrogen and oxygen atoms in total. The summed E-state index contributed by atoms with van der Waals surface area (Å²) in [6.07, 6.45) is 1.12. The number of ether oxygens (including phenoxy) is 1. The third-order valence-electron chi connectivity index (χ3n) is 2.22. The molecule has 0 aromatic heterocycles. The van der Waals surface area contributed by atoms with Gasteiger partial charge in [-0.3, -0.25) is 4.21 Å². The van der Waals surface area contributed by atoms with Gasteiger partial charge in [0.25, 0.3) is 0 Å². The van der Waals surface area contributed by atoms with Crippen molar-refractivity contribution in [2.24, 2.45) is 0 Å². The molecule has 0 aliphatic rings. The van der Waals surface area contributed by atoms with Crippen molar-refractivity contribution in [1.82, 2.24) is 5.32 Å². The quantitative estimate of drug-likeness (QED) is 0.890. The van der Waals surface area contributed by atoms with E-state index in [9.17, 15) is 9.00 Å². The van der Waals surface area contributed by atoms with Crippen LogP contribution in [0.5, 0.6) is 0 Å². The van der Waals surface area contributed by atoms with Crippen molar-refractivity contribution in [3.8, 4) is 0 Å². The maximum absolute atomic E-state index is 11.6. The Balaban J connectivity index is 2.40. The molecule has 0 bridgehead atoms. The first-order valence-electron chi connectivity index (χ1n) is 5.68. The molecule has 0 aliphatic carbocycles. The molecule has 100 valence electrons. The van der Waals surface area contributed by atoms with E-state index in [0.29, 0.717) is 5.75 Å². The van der Waals surface area contributed by atoms with Gasteiger partial charge in [0.05, 0.1) is 0 Å². The molecule has 0 aliphatic heterocycles. The molecule has 0 saturated carbocycles. The molecule has 18 heavy (non-hydrogen) atoms. The van der Waals surface area contributed by atoms with E-state index in [1.807, 2.05) is 44.2 Å². The zero-order valence-corrected chi connectivity index (χ0v) is 11.8. The van der Waals surface area contributed by atoms with Gasteiger partial charge in [0.15, 0.2) is 0 Å². The predicted molar refractivity (Wildman–Crippen MR) is 72.8 cm³/mol. The van der Waals surface area contributed by atoms with Crippen LogP contribution in [0.1, 0.15) is 19.4 Å². The molecule has 1 aromatic rings. The third kappa shape index (κ3) is 5.82. The van der Waals surface area contributed by atoms with Crippen LogP contribution in [0, 0.1) is 0 Å². The van der Waals surface area contributed by atoms with Crippen LogP contribution in [-0.2, 0) is 22.1 Å². The largest absolute Gasteiger partial charge is 0.445 e. The van der Waals surface area contributed by atoms with E-state index >= 15 is 0 Å². The van der Waals surface area contributed by atoms with Crippen LogP contribution in [0.15, 0.2) is 30.3 Å². The number of rotatable bonds is 5. The average Bonchev–Trinajstić information content (AvgIpc) is 2.25. The van der Waals surface area contributed by atoms with Gasteiger partial charge in [0.2, 0.25) is 0 Å². The summed E-state index contributed by atoms with van der Waals surface area (Å²) in [5.74, 6) is 0.396. The molecule has 5 heteroatoms. The van der Waals surface area contributed by atoms with Crippen LogP contribution >= 0.6 is 0 Å². The first-order valence-corrected chi connectivity index (χ1v) is 7.41. The molecule has 0 heterocycles. The molecule has 1 aromatic carbocycles. The molecule has 0 saturated heterocycles. The fourth-order valence-electron chi connectivity index (χ4n) is 1.58. The lowest BCUT2D eigenvalue weighted by molar-refractivity contribution is 0.131. The van der Waals surface area contributed by atoms with Gasteiger partial charge in [-0.05, 0) is 19.4 Å². The number of benzene rings is 1. The summed E-state index contributed by atoms with van der Waals surface area (Å²) in [5.41, 5.74) is 0.400. The average molecular weight is 269 g/mol. The van der Waals surface area contributed by atoms with Gasteiger partial charge in [0.1, 0.15) is 6.61 Å². The second-order valence-corrected chi connectivity index (χ2v) is 6.22. The monoisotopic (exact) mass is 269 g/mol. The zero-order valence-electron chi connectivity index (χ0n) is 10.9. The first kappa shape index (κ1) is 14.7. The number of hydrogen-bond donors (Lipinski definition) is 1. The molecule has 0 spiro atoms. The molecular weight excluding hydrogens is 250 g/mol. The predicted octanol–water partition coefficient (Wildman–Crippen LogP) is 2.07. The summed E-state index contributed by atoms with van der Waals surface area (Å²) in [6, 6.07) is 9.46. The minimum atomic E-state index is -0.962. The molecule has 1 rings (SSSR count). The van der Waals surface area contributed by atoms with Gasteiger partial charge < -0.3 is 10.1 Å². The number of nitrogens with one attached hydrogen (secondary N) is 1. The van der Waals surface area contributed by atoms with Crippen LogP contribution in [0.2, 0.25) is 0 Å². The van der Waals surface area contributed by atoms with E-state index in [0.717, 1.165) is 5.56 Å². The lowest BCUT2D eigenvalue weighted by Gasteiger charge is -2.24. The summed E-state index contributed by atoms with van der Waals surface area (Å²) < 4.78 is 16.2. The molecule has 1 atom stereocenters. The molecule has 1 amide bonds. The SMILES string of the molecule is CS(=O)CC(C)(C)NC(=O)OCc1ccccc1. The van der Waals surface area contributed by atoms with Gasteiger partial charge in [-0.1, -0.05) is 30.3 Å². The topological polar surface area (TPSA) is 55.4 Å². The fraction of sp³-hybridized carbons (Fsp3) is 0.462. The van der Waals surface area contributed by atoms with Crippen LogP contribution in [0.3, 0.4) is 0 Å². The molecular formula is C13H19NO3S. The minimum Gasteiger partial charge on any atom is -0.445 e. The normalized spacial score (nSPS) is 12.8. The van der Waals surface area contributed by atoms with Crippen molar-refractivity contribution in [3.05, 3.63) is 35.9 Å². The molecule has 0 radical (unpaired) electrons. The highest BCUT2D eigenvalue weighted by molar-refractivity contribution is 7.84. The third-order valence-corrected chi connectivity index (χ3v) is 3.35. The Morgan fingerprint density at radius 2 is 1.94 bits per heavy atom. The first-order chi connectivity index (χ1) is 8.39. The van der Waals surface area contributed by atoms with Crippen molar-refractivity contribution < 1.29 is 13.7 Å². The molecule has 0 fully saturated rings.